The second-order valence-corrected chi connectivity index (χ2v) is 5.47. The maximum Gasteiger partial charge on any atom is 0.337 e. The molecule has 1 N–H and O–H groups in total. The maximum atomic E-state index is 13.3. The number of hydrogen-bond acceptors (Lipinski definition) is 3. The Bertz CT molecular complexity index is 660. The van der Waals surface area contributed by atoms with Gasteiger partial charge in [0.25, 0.3) is 0 Å². The van der Waals surface area contributed by atoms with Crippen LogP contribution in [0.4, 0.5) is 10.1 Å². The van der Waals surface area contributed by atoms with E-state index in [1.807, 2.05) is 13.0 Å². The molecule has 0 bridgehead atoms. The molecule has 2 rings (SSSR count). The fourth-order valence-corrected chi connectivity index (χ4v) is 2.37. The number of hydrogen-bond donors (Lipinski definition) is 1. The molecule has 5 heteroatoms. The average molecular weight is 352 g/mol. The van der Waals surface area contributed by atoms with E-state index >= 15 is 0 Å². The Morgan fingerprint density at radius 1 is 1.29 bits per heavy atom. The summed E-state index contributed by atoms with van der Waals surface area (Å²) in [5, 5.41) is 3.27. The number of rotatable bonds is 4. The lowest BCUT2D eigenvalue weighted by Crippen LogP contribution is -2.08. The van der Waals surface area contributed by atoms with Gasteiger partial charge >= 0.3 is 5.97 Å². The summed E-state index contributed by atoms with van der Waals surface area (Å²) in [5.41, 5.74) is 2.22. The van der Waals surface area contributed by atoms with Crippen molar-refractivity contribution in [2.75, 3.05) is 12.4 Å². The highest BCUT2D eigenvalue weighted by molar-refractivity contribution is 9.10. The first-order chi connectivity index (χ1) is 10.0. The summed E-state index contributed by atoms with van der Waals surface area (Å²) >= 11 is 3.18. The third kappa shape index (κ3) is 3.82. The minimum atomic E-state index is -0.379. The van der Waals surface area contributed by atoms with Crippen LogP contribution in [-0.2, 0) is 4.74 Å². The van der Waals surface area contributed by atoms with Gasteiger partial charge in [0.1, 0.15) is 5.82 Å². The predicted molar refractivity (Wildman–Crippen MR) is 83.9 cm³/mol. The molecule has 0 spiro atoms. The van der Waals surface area contributed by atoms with Crippen LogP contribution in [0.2, 0.25) is 0 Å². The molecule has 0 aliphatic heterocycles. The van der Waals surface area contributed by atoms with E-state index in [2.05, 4.69) is 21.2 Å². The number of nitrogens with one attached hydrogen (secondary N) is 1. The minimum absolute atomic E-state index is 0.0326. The van der Waals surface area contributed by atoms with Crippen molar-refractivity contribution >= 4 is 27.6 Å². The fraction of sp³-hybridized carbons (Fsp3) is 0.188. The van der Waals surface area contributed by atoms with Gasteiger partial charge in [-0.1, -0.05) is 12.1 Å². The molecule has 21 heavy (non-hydrogen) atoms. The van der Waals surface area contributed by atoms with Gasteiger partial charge in [-0.3, -0.25) is 0 Å². The van der Waals surface area contributed by atoms with Gasteiger partial charge in [0.15, 0.2) is 0 Å². The first kappa shape index (κ1) is 15.5. The quantitative estimate of drug-likeness (QED) is 0.821. The van der Waals surface area contributed by atoms with E-state index in [-0.39, 0.29) is 17.8 Å². The number of carbonyl (C=O) groups is 1. The zero-order valence-electron chi connectivity index (χ0n) is 11.7. The van der Waals surface area contributed by atoms with Gasteiger partial charge in [0.05, 0.1) is 17.1 Å². The van der Waals surface area contributed by atoms with Crippen molar-refractivity contribution in [3.05, 3.63) is 63.9 Å². The number of ether oxygens (including phenoxy) is 1. The number of methoxy groups -OCH3 is 1. The van der Waals surface area contributed by atoms with E-state index in [1.54, 1.807) is 30.3 Å². The lowest BCUT2D eigenvalue weighted by molar-refractivity contribution is 0.0601. The fourth-order valence-electron chi connectivity index (χ4n) is 1.97. The number of esters is 1. The zero-order chi connectivity index (χ0) is 15.4. The molecule has 0 heterocycles. The molecule has 0 radical (unpaired) electrons. The lowest BCUT2D eigenvalue weighted by atomic mass is 10.1. The highest BCUT2D eigenvalue weighted by Gasteiger charge is 2.10. The summed E-state index contributed by atoms with van der Waals surface area (Å²) < 4.78 is 18.4. The molecule has 2 aromatic carbocycles. The van der Waals surface area contributed by atoms with Crippen molar-refractivity contribution in [2.24, 2.45) is 0 Å². The Labute approximate surface area is 131 Å². The van der Waals surface area contributed by atoms with Crippen LogP contribution in [-0.4, -0.2) is 13.1 Å². The van der Waals surface area contributed by atoms with E-state index in [9.17, 15) is 9.18 Å². The van der Waals surface area contributed by atoms with Gasteiger partial charge in [-0.2, -0.15) is 0 Å². The topological polar surface area (TPSA) is 38.3 Å². The molecule has 0 saturated heterocycles. The Balaban J connectivity index is 2.17. The molecule has 0 fully saturated rings. The van der Waals surface area contributed by atoms with E-state index in [4.69, 9.17) is 4.74 Å². The third-order valence-corrected chi connectivity index (χ3v) is 3.72. The summed E-state index contributed by atoms with van der Waals surface area (Å²) in [6.07, 6.45) is 0. The SMILES string of the molecule is COC(=O)c1cccc(NC(C)c2ccc(F)c(Br)c2)c1. The number of benzene rings is 2. The van der Waals surface area contributed by atoms with Crippen LogP contribution in [0, 0.1) is 5.82 Å². The molecule has 1 unspecified atom stereocenters. The Morgan fingerprint density at radius 2 is 2.05 bits per heavy atom. The smallest absolute Gasteiger partial charge is 0.337 e. The van der Waals surface area contributed by atoms with Gasteiger partial charge in [-0.05, 0) is 58.7 Å². The third-order valence-electron chi connectivity index (χ3n) is 3.11. The second kappa shape index (κ2) is 6.72. The largest absolute Gasteiger partial charge is 0.465 e. The Kier molecular flexibility index (Phi) is 4.96. The summed E-state index contributed by atoms with van der Waals surface area (Å²) in [6.45, 7) is 1.96. The molecular formula is C16H15BrFNO2. The first-order valence-electron chi connectivity index (χ1n) is 6.41. The van der Waals surface area contributed by atoms with Crippen LogP contribution >= 0.6 is 15.9 Å². The van der Waals surface area contributed by atoms with Gasteiger partial charge < -0.3 is 10.1 Å². The highest BCUT2D eigenvalue weighted by Crippen LogP contribution is 2.24. The van der Waals surface area contributed by atoms with E-state index in [0.717, 1.165) is 11.3 Å². The van der Waals surface area contributed by atoms with Crippen molar-refractivity contribution < 1.29 is 13.9 Å². The lowest BCUT2D eigenvalue weighted by Gasteiger charge is -2.16. The van der Waals surface area contributed by atoms with Crippen LogP contribution in [0.25, 0.3) is 0 Å². The predicted octanol–water partition coefficient (Wildman–Crippen LogP) is 4.55. The normalized spacial score (nSPS) is 11.8. The zero-order valence-corrected chi connectivity index (χ0v) is 13.3. The summed E-state index contributed by atoms with van der Waals surface area (Å²) in [5.74, 6) is -0.672. The second-order valence-electron chi connectivity index (χ2n) is 4.61. The molecule has 3 nitrogen and oxygen atoms in total. The van der Waals surface area contributed by atoms with Crippen LogP contribution in [0.5, 0.6) is 0 Å². The van der Waals surface area contributed by atoms with Gasteiger partial charge in [-0.25, -0.2) is 9.18 Å². The Hall–Kier alpha value is -1.88. The van der Waals surface area contributed by atoms with Crippen molar-refractivity contribution in [1.29, 1.82) is 0 Å². The van der Waals surface area contributed by atoms with Crippen molar-refractivity contribution in [3.63, 3.8) is 0 Å². The van der Waals surface area contributed by atoms with Crippen molar-refractivity contribution in [1.82, 2.24) is 0 Å². The van der Waals surface area contributed by atoms with Crippen molar-refractivity contribution in [2.45, 2.75) is 13.0 Å². The van der Waals surface area contributed by atoms with Gasteiger partial charge in [-0.15, -0.1) is 0 Å². The number of carbonyl (C=O) groups excluding carboxylic acids is 1. The highest BCUT2D eigenvalue weighted by atomic mass is 79.9. The van der Waals surface area contributed by atoms with E-state index < -0.39 is 0 Å². The van der Waals surface area contributed by atoms with E-state index in [1.165, 1.54) is 13.2 Å². The molecule has 0 amide bonds. The van der Waals surface area contributed by atoms with Gasteiger partial charge in [0.2, 0.25) is 0 Å². The number of anilines is 1. The molecule has 110 valence electrons. The molecule has 2 aromatic rings. The van der Waals surface area contributed by atoms with Crippen LogP contribution < -0.4 is 5.32 Å². The minimum Gasteiger partial charge on any atom is -0.465 e. The van der Waals surface area contributed by atoms with Crippen LogP contribution in [0.15, 0.2) is 46.9 Å². The standard InChI is InChI=1S/C16H15BrFNO2/c1-10(11-6-7-15(18)14(17)9-11)19-13-5-3-4-12(8-13)16(20)21-2/h3-10,19H,1-2H3. The van der Waals surface area contributed by atoms with Gasteiger partial charge in [0, 0.05) is 11.7 Å². The Morgan fingerprint density at radius 3 is 2.71 bits per heavy atom. The molecule has 0 aromatic heterocycles. The monoisotopic (exact) mass is 351 g/mol. The molecule has 0 aliphatic carbocycles. The molecule has 0 aliphatic rings. The summed E-state index contributed by atoms with van der Waals surface area (Å²) in [6, 6.07) is 11.9. The first-order valence-corrected chi connectivity index (χ1v) is 7.20. The molecular weight excluding hydrogens is 337 g/mol. The van der Waals surface area contributed by atoms with E-state index in [0.29, 0.717) is 10.0 Å². The summed E-state index contributed by atoms with van der Waals surface area (Å²) in [7, 11) is 1.35. The summed E-state index contributed by atoms with van der Waals surface area (Å²) in [4.78, 5) is 11.5. The molecule has 1 atom stereocenters. The average Bonchev–Trinajstić information content (AvgIpc) is 2.49. The van der Waals surface area contributed by atoms with Crippen LogP contribution in [0.3, 0.4) is 0 Å². The van der Waals surface area contributed by atoms with Crippen molar-refractivity contribution in [3.8, 4) is 0 Å². The number of halogens is 2. The van der Waals surface area contributed by atoms with Crippen LogP contribution in [0.1, 0.15) is 28.9 Å². The maximum absolute atomic E-state index is 13.3. The molecule has 0 saturated carbocycles.